The Balaban J connectivity index is 2.36. The number of rotatable bonds is 2. The molecule has 0 spiro atoms. The first-order valence-corrected chi connectivity index (χ1v) is 4.20. The molecule has 0 aliphatic carbocycles. The van der Waals surface area contributed by atoms with Crippen molar-refractivity contribution in [3.63, 3.8) is 0 Å². The van der Waals surface area contributed by atoms with Crippen LogP contribution in [0.5, 0.6) is 0 Å². The number of aromatic nitrogens is 4. The highest BCUT2D eigenvalue weighted by atomic mass is 16.5. The molecular formula is C8H11N5O. The van der Waals surface area contributed by atoms with E-state index >= 15 is 0 Å². The molecule has 0 amide bonds. The predicted molar refractivity (Wildman–Crippen MR) is 48.3 cm³/mol. The number of nitrogens with zero attached hydrogens (tertiary/aromatic N) is 4. The van der Waals surface area contributed by atoms with Gasteiger partial charge in [0.2, 0.25) is 6.39 Å². The number of hydrogen-bond acceptors (Lipinski definition) is 5. The minimum atomic E-state index is -0.373. The number of nitrogens with two attached hydrogens (primary N) is 1. The molecule has 0 fully saturated rings. The summed E-state index contributed by atoms with van der Waals surface area (Å²) >= 11 is 0. The second kappa shape index (κ2) is 3.22. The summed E-state index contributed by atoms with van der Waals surface area (Å²) in [4.78, 5) is 3.90. The molecule has 74 valence electrons. The highest BCUT2D eigenvalue weighted by Gasteiger charge is 2.17. The monoisotopic (exact) mass is 193 g/mol. The van der Waals surface area contributed by atoms with Gasteiger partial charge in [-0.3, -0.25) is 4.68 Å². The highest BCUT2D eigenvalue weighted by molar-refractivity contribution is 5.24. The normalized spacial score (nSPS) is 13.1. The molecule has 0 aliphatic heterocycles. The van der Waals surface area contributed by atoms with Gasteiger partial charge in [0.05, 0.1) is 12.2 Å². The summed E-state index contributed by atoms with van der Waals surface area (Å²) in [5.41, 5.74) is 7.85. The van der Waals surface area contributed by atoms with Crippen molar-refractivity contribution in [3.8, 4) is 0 Å². The van der Waals surface area contributed by atoms with E-state index in [4.69, 9.17) is 5.73 Å². The van der Waals surface area contributed by atoms with E-state index in [1.54, 1.807) is 10.9 Å². The van der Waals surface area contributed by atoms with Crippen molar-refractivity contribution in [3.05, 3.63) is 29.7 Å². The van der Waals surface area contributed by atoms with Crippen molar-refractivity contribution in [2.24, 2.45) is 12.8 Å². The lowest BCUT2D eigenvalue weighted by Crippen LogP contribution is -2.14. The topological polar surface area (TPSA) is 82.8 Å². The molecule has 2 heterocycles. The van der Waals surface area contributed by atoms with Crippen LogP contribution in [0.15, 0.2) is 17.1 Å². The van der Waals surface area contributed by atoms with Crippen molar-refractivity contribution >= 4 is 0 Å². The Morgan fingerprint density at radius 2 is 2.36 bits per heavy atom. The second-order valence-corrected chi connectivity index (χ2v) is 3.08. The molecule has 0 bridgehead atoms. The first-order valence-electron chi connectivity index (χ1n) is 4.20. The van der Waals surface area contributed by atoms with Gasteiger partial charge in [0.1, 0.15) is 0 Å². The van der Waals surface area contributed by atoms with E-state index in [9.17, 15) is 0 Å². The van der Waals surface area contributed by atoms with Gasteiger partial charge in [-0.05, 0) is 6.92 Å². The van der Waals surface area contributed by atoms with Crippen LogP contribution in [0.3, 0.4) is 0 Å². The van der Waals surface area contributed by atoms with E-state index < -0.39 is 0 Å². The quantitative estimate of drug-likeness (QED) is 0.734. The highest BCUT2D eigenvalue weighted by Crippen LogP contribution is 2.18. The maximum atomic E-state index is 5.94. The molecule has 1 unspecified atom stereocenters. The van der Waals surface area contributed by atoms with Gasteiger partial charge in [0, 0.05) is 18.3 Å². The molecule has 0 saturated heterocycles. The molecule has 0 aliphatic rings. The standard InChI is InChI=1S/C8H11N5O/c1-5-6(3-11-13(5)2)7(9)8-10-4-14-12-8/h3-4,7H,9H2,1-2H3. The van der Waals surface area contributed by atoms with E-state index in [-0.39, 0.29) is 6.04 Å². The molecule has 0 saturated carbocycles. The summed E-state index contributed by atoms with van der Waals surface area (Å²) in [6, 6.07) is -0.373. The van der Waals surface area contributed by atoms with Crippen LogP contribution < -0.4 is 5.73 Å². The van der Waals surface area contributed by atoms with Crippen molar-refractivity contribution < 1.29 is 4.52 Å². The molecule has 0 radical (unpaired) electrons. The van der Waals surface area contributed by atoms with Crippen LogP contribution in [0, 0.1) is 6.92 Å². The van der Waals surface area contributed by atoms with E-state index in [2.05, 4.69) is 19.8 Å². The van der Waals surface area contributed by atoms with Gasteiger partial charge < -0.3 is 10.3 Å². The Kier molecular flexibility index (Phi) is 2.05. The Labute approximate surface area is 80.7 Å². The Morgan fingerprint density at radius 3 is 2.86 bits per heavy atom. The van der Waals surface area contributed by atoms with E-state index in [1.807, 2.05) is 14.0 Å². The third-order valence-corrected chi connectivity index (χ3v) is 2.26. The minimum Gasteiger partial charge on any atom is -0.343 e. The van der Waals surface area contributed by atoms with Crippen molar-refractivity contribution in [2.75, 3.05) is 0 Å². The van der Waals surface area contributed by atoms with Crippen LogP contribution >= 0.6 is 0 Å². The molecule has 2 aromatic heterocycles. The lowest BCUT2D eigenvalue weighted by Gasteiger charge is -2.05. The Bertz CT molecular complexity index is 419. The first-order chi connectivity index (χ1) is 6.70. The number of aryl methyl sites for hydroxylation is 1. The molecule has 6 heteroatoms. The van der Waals surface area contributed by atoms with E-state index in [1.165, 1.54) is 6.39 Å². The Hall–Kier alpha value is -1.69. The lowest BCUT2D eigenvalue weighted by atomic mass is 10.1. The van der Waals surface area contributed by atoms with Crippen molar-refractivity contribution in [2.45, 2.75) is 13.0 Å². The average molecular weight is 193 g/mol. The largest absolute Gasteiger partial charge is 0.343 e. The van der Waals surface area contributed by atoms with Crippen molar-refractivity contribution in [1.29, 1.82) is 0 Å². The van der Waals surface area contributed by atoms with Gasteiger partial charge in [0.25, 0.3) is 0 Å². The van der Waals surface area contributed by atoms with Crippen LogP contribution in [0.4, 0.5) is 0 Å². The van der Waals surface area contributed by atoms with Gasteiger partial charge in [-0.25, -0.2) is 0 Å². The third kappa shape index (κ3) is 1.29. The maximum absolute atomic E-state index is 5.94. The summed E-state index contributed by atoms with van der Waals surface area (Å²) in [5, 5.41) is 7.79. The van der Waals surface area contributed by atoms with Gasteiger partial charge in [0.15, 0.2) is 5.82 Å². The Morgan fingerprint density at radius 1 is 1.57 bits per heavy atom. The molecule has 2 rings (SSSR count). The minimum absolute atomic E-state index is 0.373. The van der Waals surface area contributed by atoms with E-state index in [0.717, 1.165) is 11.3 Å². The molecule has 1 atom stereocenters. The summed E-state index contributed by atoms with van der Waals surface area (Å²) < 4.78 is 6.39. The summed E-state index contributed by atoms with van der Waals surface area (Å²) in [6.45, 7) is 1.95. The zero-order chi connectivity index (χ0) is 10.1. The summed E-state index contributed by atoms with van der Waals surface area (Å²) in [7, 11) is 1.86. The van der Waals surface area contributed by atoms with Gasteiger partial charge in [-0.15, -0.1) is 0 Å². The van der Waals surface area contributed by atoms with Gasteiger partial charge >= 0.3 is 0 Å². The van der Waals surface area contributed by atoms with Gasteiger partial charge in [-0.1, -0.05) is 5.16 Å². The average Bonchev–Trinajstić information content (AvgIpc) is 2.77. The maximum Gasteiger partial charge on any atom is 0.213 e. The molecular weight excluding hydrogens is 182 g/mol. The molecule has 2 aromatic rings. The van der Waals surface area contributed by atoms with Crippen molar-refractivity contribution in [1.82, 2.24) is 19.9 Å². The van der Waals surface area contributed by atoms with Gasteiger partial charge in [-0.2, -0.15) is 10.1 Å². The first kappa shape index (κ1) is 8.89. The van der Waals surface area contributed by atoms with Crippen LogP contribution in [0.1, 0.15) is 23.1 Å². The third-order valence-electron chi connectivity index (χ3n) is 2.26. The SMILES string of the molecule is Cc1c(C(N)c2ncon2)cnn1C. The zero-order valence-corrected chi connectivity index (χ0v) is 8.01. The van der Waals surface area contributed by atoms with Crippen LogP contribution in [-0.4, -0.2) is 19.9 Å². The molecule has 6 nitrogen and oxygen atoms in total. The summed E-state index contributed by atoms with van der Waals surface area (Å²) in [6.07, 6.45) is 2.98. The number of hydrogen-bond donors (Lipinski definition) is 1. The predicted octanol–water partition coefficient (Wildman–Crippen LogP) is 0.160. The molecule has 14 heavy (non-hydrogen) atoms. The fraction of sp³-hybridized carbons (Fsp3) is 0.375. The summed E-state index contributed by atoms with van der Waals surface area (Å²) in [5.74, 6) is 0.473. The van der Waals surface area contributed by atoms with Crippen LogP contribution in [0.2, 0.25) is 0 Å². The smallest absolute Gasteiger partial charge is 0.213 e. The fourth-order valence-corrected chi connectivity index (χ4v) is 1.28. The van der Waals surface area contributed by atoms with Crippen LogP contribution in [-0.2, 0) is 7.05 Å². The van der Waals surface area contributed by atoms with Crippen LogP contribution in [0.25, 0.3) is 0 Å². The second-order valence-electron chi connectivity index (χ2n) is 3.08. The lowest BCUT2D eigenvalue weighted by molar-refractivity contribution is 0.407. The zero-order valence-electron chi connectivity index (χ0n) is 8.01. The molecule has 2 N–H and O–H groups in total. The fourth-order valence-electron chi connectivity index (χ4n) is 1.28. The molecule has 0 aromatic carbocycles. The van der Waals surface area contributed by atoms with E-state index in [0.29, 0.717) is 5.82 Å².